The highest BCUT2D eigenvalue weighted by Gasteiger charge is 2.12. The first-order chi connectivity index (χ1) is 21.5. The summed E-state index contributed by atoms with van der Waals surface area (Å²) < 4.78 is 10.3. The Hall–Kier alpha value is -1.92. The Morgan fingerprint density at radius 2 is 1.02 bits per heavy atom. The van der Waals surface area contributed by atoms with Crippen molar-refractivity contribution in [1.82, 2.24) is 0 Å². The van der Waals surface area contributed by atoms with Crippen LogP contribution in [-0.2, 0) is 19.1 Å². The van der Waals surface area contributed by atoms with E-state index in [2.05, 4.69) is 32.1 Å². The molecule has 0 aromatic heterocycles. The van der Waals surface area contributed by atoms with Gasteiger partial charge in [0.05, 0.1) is 6.10 Å². The van der Waals surface area contributed by atoms with Crippen molar-refractivity contribution >= 4 is 11.9 Å². The summed E-state index contributed by atoms with van der Waals surface area (Å²) in [6.45, 7) is 4.08. The Labute approximate surface area is 270 Å². The molecule has 0 saturated heterocycles. The molecule has 6 heteroatoms. The zero-order chi connectivity index (χ0) is 32.4. The van der Waals surface area contributed by atoms with Crippen molar-refractivity contribution in [2.45, 2.75) is 180 Å². The number of hydrogen-bond donors (Lipinski definition) is 2. The Bertz CT molecular complexity index is 729. The monoisotopic (exact) mass is 621 g/mol. The second kappa shape index (κ2) is 34.0. The van der Waals surface area contributed by atoms with Gasteiger partial charge >= 0.3 is 11.9 Å². The Morgan fingerprint density at radius 3 is 1.50 bits per heavy atom. The molecule has 0 saturated carbocycles. The largest absolute Gasteiger partial charge is 0.463 e. The van der Waals surface area contributed by atoms with Gasteiger partial charge in [-0.15, -0.1) is 0 Å². The Morgan fingerprint density at radius 1 is 0.568 bits per heavy atom. The van der Waals surface area contributed by atoms with Gasteiger partial charge in [0.2, 0.25) is 0 Å². The third-order valence-electron chi connectivity index (χ3n) is 7.74. The molecule has 2 atom stereocenters. The number of esters is 2. The molecule has 0 heterocycles. The summed E-state index contributed by atoms with van der Waals surface area (Å²) >= 11 is 0. The Balaban J connectivity index is 3.53. The van der Waals surface area contributed by atoms with Crippen LogP contribution in [0.15, 0.2) is 36.5 Å². The first-order valence-electron chi connectivity index (χ1n) is 18.1. The summed E-state index contributed by atoms with van der Waals surface area (Å²) in [6, 6.07) is 0. The molecule has 0 rings (SSSR count). The maximum atomic E-state index is 11.9. The van der Waals surface area contributed by atoms with Crippen LogP contribution in [0.3, 0.4) is 0 Å². The van der Waals surface area contributed by atoms with E-state index in [0.717, 1.165) is 70.6 Å². The highest BCUT2D eigenvalue weighted by molar-refractivity contribution is 5.69. The minimum Gasteiger partial charge on any atom is -0.463 e. The summed E-state index contributed by atoms with van der Waals surface area (Å²) in [5.74, 6) is -0.637. The average Bonchev–Trinajstić information content (AvgIpc) is 3.02. The van der Waals surface area contributed by atoms with E-state index in [1.807, 2.05) is 18.2 Å². The van der Waals surface area contributed by atoms with Gasteiger partial charge in [0, 0.05) is 12.8 Å². The van der Waals surface area contributed by atoms with Crippen LogP contribution in [0, 0.1) is 0 Å². The van der Waals surface area contributed by atoms with E-state index in [4.69, 9.17) is 9.47 Å². The number of hydrogen-bond acceptors (Lipinski definition) is 6. The summed E-state index contributed by atoms with van der Waals surface area (Å²) in [5.41, 5.74) is 0. The number of unbranched alkanes of at least 4 members (excludes halogenated alkanes) is 17. The van der Waals surface area contributed by atoms with E-state index >= 15 is 0 Å². The molecule has 0 radical (unpaired) electrons. The lowest BCUT2D eigenvalue weighted by Gasteiger charge is -2.12. The highest BCUT2D eigenvalue weighted by Crippen LogP contribution is 2.14. The predicted molar refractivity (Wildman–Crippen MR) is 184 cm³/mol. The highest BCUT2D eigenvalue weighted by atomic mass is 16.6. The molecule has 0 spiro atoms. The first kappa shape index (κ1) is 42.1. The zero-order valence-electron chi connectivity index (χ0n) is 28.5. The summed E-state index contributed by atoms with van der Waals surface area (Å²) in [6.07, 6.45) is 36.4. The van der Waals surface area contributed by atoms with Crippen LogP contribution >= 0.6 is 0 Å². The van der Waals surface area contributed by atoms with Crippen molar-refractivity contribution in [2.24, 2.45) is 0 Å². The van der Waals surface area contributed by atoms with Gasteiger partial charge in [0.25, 0.3) is 0 Å². The van der Waals surface area contributed by atoms with Gasteiger partial charge in [-0.1, -0.05) is 159 Å². The van der Waals surface area contributed by atoms with Crippen LogP contribution < -0.4 is 0 Å². The number of aliphatic hydroxyl groups is 2. The van der Waals surface area contributed by atoms with Crippen LogP contribution in [0.1, 0.15) is 168 Å². The number of ether oxygens (including phenoxy) is 2. The molecule has 0 aromatic carbocycles. The molecule has 1 unspecified atom stereocenters. The zero-order valence-corrected chi connectivity index (χ0v) is 28.5. The number of rotatable bonds is 32. The predicted octanol–water partition coefficient (Wildman–Crippen LogP) is 9.87. The number of aliphatic hydroxyl groups excluding tert-OH is 2. The quantitative estimate of drug-likeness (QED) is 0.0336. The molecular formula is C38H68O6. The second-order valence-corrected chi connectivity index (χ2v) is 12.2. The summed E-state index contributed by atoms with van der Waals surface area (Å²) in [5, 5.41) is 20.0. The van der Waals surface area contributed by atoms with Gasteiger partial charge in [0.15, 0.2) is 0 Å². The molecule has 2 N–H and O–H groups in total. The fourth-order valence-corrected chi connectivity index (χ4v) is 4.97. The van der Waals surface area contributed by atoms with Crippen molar-refractivity contribution in [2.75, 3.05) is 13.2 Å². The molecule has 256 valence electrons. The molecule has 0 amide bonds. The SMILES string of the molecule is CC/C=C/C/C=C/C=C/C(O)CCCCCCCC(=O)OC[C@@H](O)COC(=O)CCCCCCCCCCCCCCCC. The van der Waals surface area contributed by atoms with E-state index in [0.29, 0.717) is 12.8 Å². The van der Waals surface area contributed by atoms with Crippen molar-refractivity contribution in [1.29, 1.82) is 0 Å². The first-order valence-corrected chi connectivity index (χ1v) is 18.1. The standard InChI is InChI=1S/C38H68O6/c1-3-5-7-9-11-12-13-14-15-16-17-19-23-27-31-37(41)43-33-36(40)34-44-38(42)32-28-24-20-22-26-30-35(39)29-25-21-18-10-8-6-4-2/h6,8,18,21,25,29,35-36,39-40H,3-5,7,9-17,19-20,22-24,26-28,30-34H2,1-2H3/b8-6+,21-18+,29-25+/t35?,36-/m0/s1. The van der Waals surface area contributed by atoms with Gasteiger partial charge < -0.3 is 19.7 Å². The maximum Gasteiger partial charge on any atom is 0.305 e. The van der Waals surface area contributed by atoms with Crippen LogP contribution in [0.5, 0.6) is 0 Å². The Kier molecular flexibility index (Phi) is 32.5. The lowest BCUT2D eigenvalue weighted by Crippen LogP contribution is -2.25. The number of carbonyl (C=O) groups is 2. The molecule has 0 aliphatic heterocycles. The fraction of sp³-hybridized carbons (Fsp3) is 0.789. The van der Waals surface area contributed by atoms with Gasteiger partial charge in [-0.05, 0) is 32.1 Å². The molecule has 0 aliphatic rings. The van der Waals surface area contributed by atoms with E-state index < -0.39 is 12.2 Å². The number of carbonyl (C=O) groups excluding carboxylic acids is 2. The van der Waals surface area contributed by atoms with E-state index in [1.54, 1.807) is 0 Å². The van der Waals surface area contributed by atoms with E-state index in [9.17, 15) is 19.8 Å². The van der Waals surface area contributed by atoms with E-state index in [1.165, 1.54) is 70.6 Å². The van der Waals surface area contributed by atoms with Crippen molar-refractivity contribution in [3.05, 3.63) is 36.5 Å². The normalized spacial score (nSPS) is 13.3. The van der Waals surface area contributed by atoms with Gasteiger partial charge in [-0.25, -0.2) is 0 Å². The van der Waals surface area contributed by atoms with Crippen LogP contribution in [0.2, 0.25) is 0 Å². The molecular weight excluding hydrogens is 552 g/mol. The van der Waals surface area contributed by atoms with Crippen molar-refractivity contribution in [3.8, 4) is 0 Å². The summed E-state index contributed by atoms with van der Waals surface area (Å²) in [4.78, 5) is 23.9. The molecule has 6 nitrogen and oxygen atoms in total. The maximum absolute atomic E-state index is 11.9. The van der Waals surface area contributed by atoms with Crippen LogP contribution in [0.25, 0.3) is 0 Å². The van der Waals surface area contributed by atoms with Gasteiger partial charge in [-0.2, -0.15) is 0 Å². The molecule has 0 fully saturated rings. The van der Waals surface area contributed by atoms with Gasteiger partial charge in [0.1, 0.15) is 19.3 Å². The van der Waals surface area contributed by atoms with E-state index in [-0.39, 0.29) is 25.2 Å². The third-order valence-corrected chi connectivity index (χ3v) is 7.74. The topological polar surface area (TPSA) is 93.1 Å². The lowest BCUT2D eigenvalue weighted by molar-refractivity contribution is -0.152. The second-order valence-electron chi connectivity index (χ2n) is 12.2. The molecule has 0 aliphatic carbocycles. The fourth-order valence-electron chi connectivity index (χ4n) is 4.97. The average molecular weight is 621 g/mol. The van der Waals surface area contributed by atoms with Gasteiger partial charge in [-0.3, -0.25) is 9.59 Å². The molecule has 44 heavy (non-hydrogen) atoms. The summed E-state index contributed by atoms with van der Waals surface area (Å²) in [7, 11) is 0. The van der Waals surface area contributed by atoms with Crippen LogP contribution in [-0.4, -0.2) is 47.6 Å². The minimum atomic E-state index is -0.992. The molecule has 0 aromatic rings. The molecule has 0 bridgehead atoms. The van der Waals surface area contributed by atoms with Crippen LogP contribution in [0.4, 0.5) is 0 Å². The minimum absolute atomic E-state index is 0.141. The lowest BCUT2D eigenvalue weighted by atomic mass is 10.0. The smallest absolute Gasteiger partial charge is 0.305 e. The number of allylic oxidation sites excluding steroid dienone is 5. The van der Waals surface area contributed by atoms with Crippen molar-refractivity contribution < 1.29 is 29.3 Å². The third kappa shape index (κ3) is 33.0. The van der Waals surface area contributed by atoms with Crippen molar-refractivity contribution in [3.63, 3.8) is 0 Å².